The summed E-state index contributed by atoms with van der Waals surface area (Å²) in [7, 11) is 0. The van der Waals surface area contributed by atoms with Crippen LogP contribution < -0.4 is 4.74 Å². The number of nitrogens with zero attached hydrogens (tertiary/aromatic N) is 2. The van der Waals surface area contributed by atoms with E-state index in [2.05, 4.69) is 10.2 Å². The predicted octanol–water partition coefficient (Wildman–Crippen LogP) is 3.20. The van der Waals surface area contributed by atoms with Gasteiger partial charge in [0.2, 0.25) is 0 Å². The van der Waals surface area contributed by atoms with Crippen molar-refractivity contribution in [1.82, 2.24) is 15.1 Å². The fourth-order valence-corrected chi connectivity index (χ4v) is 3.30. The van der Waals surface area contributed by atoms with Gasteiger partial charge in [0, 0.05) is 24.6 Å². The van der Waals surface area contributed by atoms with Gasteiger partial charge >= 0.3 is 6.18 Å². The van der Waals surface area contributed by atoms with Crippen molar-refractivity contribution in [2.45, 2.75) is 12.8 Å². The van der Waals surface area contributed by atoms with Crippen molar-refractivity contribution in [3.05, 3.63) is 47.3 Å². The number of aromatic nitrogens is 2. The van der Waals surface area contributed by atoms with E-state index in [1.807, 2.05) is 0 Å². The number of hydrogen-bond donors (Lipinski definition) is 1. The van der Waals surface area contributed by atoms with E-state index in [0.29, 0.717) is 18.8 Å². The highest BCUT2D eigenvalue weighted by molar-refractivity contribution is 7.99. The normalized spacial score (nSPS) is 15.2. The number of carbonyl (C=O) groups is 1. The van der Waals surface area contributed by atoms with Crippen molar-refractivity contribution in [3.8, 4) is 5.75 Å². The van der Waals surface area contributed by atoms with E-state index in [-0.39, 0.29) is 24.0 Å². The number of alkyl halides is 3. The van der Waals surface area contributed by atoms with Gasteiger partial charge in [-0.2, -0.15) is 30.0 Å². The van der Waals surface area contributed by atoms with Gasteiger partial charge in [0.05, 0.1) is 11.3 Å². The van der Waals surface area contributed by atoms with E-state index in [0.717, 1.165) is 23.6 Å². The molecule has 0 spiro atoms. The molecule has 1 N–H and O–H groups in total. The molecule has 0 radical (unpaired) electrons. The molecular weight excluding hydrogens is 355 g/mol. The minimum Gasteiger partial charge on any atom is -0.487 e. The number of benzene rings is 1. The fraction of sp³-hybridized carbons (Fsp3) is 0.375. The predicted molar refractivity (Wildman–Crippen MR) is 87.6 cm³/mol. The first-order chi connectivity index (χ1) is 11.9. The number of hydrogen-bond acceptors (Lipinski definition) is 4. The van der Waals surface area contributed by atoms with Gasteiger partial charge in [-0.1, -0.05) is 6.07 Å². The molecule has 1 aromatic heterocycles. The number of rotatable bonds is 4. The van der Waals surface area contributed by atoms with Crippen molar-refractivity contribution in [2.75, 3.05) is 24.6 Å². The van der Waals surface area contributed by atoms with Crippen molar-refractivity contribution in [1.29, 1.82) is 0 Å². The number of thioether (sulfide) groups is 1. The zero-order chi connectivity index (χ0) is 17.9. The van der Waals surface area contributed by atoms with Crippen LogP contribution in [0.15, 0.2) is 30.3 Å². The lowest BCUT2D eigenvalue weighted by Gasteiger charge is -2.25. The van der Waals surface area contributed by atoms with Gasteiger partial charge in [-0.15, -0.1) is 0 Å². The van der Waals surface area contributed by atoms with Crippen LogP contribution in [-0.4, -0.2) is 45.6 Å². The smallest absolute Gasteiger partial charge is 0.416 e. The summed E-state index contributed by atoms with van der Waals surface area (Å²) < 4.78 is 43.4. The number of aromatic amines is 1. The summed E-state index contributed by atoms with van der Waals surface area (Å²) in [6.07, 6.45) is -4.42. The largest absolute Gasteiger partial charge is 0.487 e. The molecule has 5 nitrogen and oxygen atoms in total. The van der Waals surface area contributed by atoms with Crippen LogP contribution in [0.2, 0.25) is 0 Å². The van der Waals surface area contributed by atoms with Crippen LogP contribution in [0.3, 0.4) is 0 Å². The minimum absolute atomic E-state index is 0.00254. The van der Waals surface area contributed by atoms with Crippen LogP contribution in [-0.2, 0) is 12.8 Å². The summed E-state index contributed by atoms with van der Waals surface area (Å²) in [6.45, 7) is 1.37. The first-order valence-electron chi connectivity index (χ1n) is 7.65. The number of amides is 1. The molecule has 1 aliphatic rings. The highest BCUT2D eigenvalue weighted by Gasteiger charge is 2.30. The second kappa shape index (κ2) is 7.38. The first-order valence-corrected chi connectivity index (χ1v) is 8.80. The van der Waals surface area contributed by atoms with Crippen LogP contribution in [0, 0.1) is 0 Å². The van der Waals surface area contributed by atoms with Crippen LogP contribution >= 0.6 is 11.8 Å². The Bertz CT molecular complexity index is 742. The van der Waals surface area contributed by atoms with E-state index in [9.17, 15) is 18.0 Å². The maximum absolute atomic E-state index is 12.7. The molecule has 1 aliphatic heterocycles. The third kappa shape index (κ3) is 4.47. The third-order valence-electron chi connectivity index (χ3n) is 3.70. The molecule has 1 aromatic carbocycles. The highest BCUT2D eigenvalue weighted by Crippen LogP contribution is 2.31. The monoisotopic (exact) mass is 371 g/mol. The van der Waals surface area contributed by atoms with E-state index >= 15 is 0 Å². The summed E-state index contributed by atoms with van der Waals surface area (Å²) >= 11 is 1.80. The summed E-state index contributed by atoms with van der Waals surface area (Å²) in [5.41, 5.74) is 0.0372. The molecule has 0 aliphatic carbocycles. The Kier molecular flexibility index (Phi) is 5.22. The topological polar surface area (TPSA) is 58.2 Å². The van der Waals surface area contributed by atoms with Gasteiger partial charge in [0.15, 0.2) is 5.69 Å². The quantitative estimate of drug-likeness (QED) is 0.897. The Morgan fingerprint density at radius 2 is 2.04 bits per heavy atom. The van der Waals surface area contributed by atoms with Crippen LogP contribution in [0.5, 0.6) is 5.75 Å². The molecule has 0 bridgehead atoms. The highest BCUT2D eigenvalue weighted by atomic mass is 32.2. The number of H-pyrrole nitrogens is 1. The molecule has 1 fully saturated rings. The molecule has 2 aromatic rings. The molecule has 1 amide bonds. The average Bonchev–Trinajstić information content (AvgIpc) is 3.08. The van der Waals surface area contributed by atoms with Crippen molar-refractivity contribution >= 4 is 17.7 Å². The second-order valence-corrected chi connectivity index (χ2v) is 6.72. The third-order valence-corrected chi connectivity index (χ3v) is 4.65. The average molecular weight is 371 g/mol. The van der Waals surface area contributed by atoms with Gasteiger partial charge < -0.3 is 9.64 Å². The summed E-state index contributed by atoms with van der Waals surface area (Å²) in [4.78, 5) is 14.1. The Labute approximate surface area is 146 Å². The van der Waals surface area contributed by atoms with E-state index in [4.69, 9.17) is 4.74 Å². The maximum atomic E-state index is 12.7. The lowest BCUT2D eigenvalue weighted by atomic mass is 10.2. The van der Waals surface area contributed by atoms with E-state index in [1.54, 1.807) is 22.7 Å². The molecule has 3 rings (SSSR count). The zero-order valence-corrected chi connectivity index (χ0v) is 14.0. The fourth-order valence-electron chi connectivity index (χ4n) is 2.40. The van der Waals surface area contributed by atoms with E-state index < -0.39 is 11.7 Å². The Hall–Kier alpha value is -2.16. The van der Waals surface area contributed by atoms with Crippen molar-refractivity contribution < 1.29 is 22.7 Å². The lowest BCUT2D eigenvalue weighted by Crippen LogP contribution is -2.38. The summed E-state index contributed by atoms with van der Waals surface area (Å²) in [5, 5.41) is 6.67. The van der Waals surface area contributed by atoms with Gasteiger partial charge in [-0.05, 0) is 24.3 Å². The summed E-state index contributed by atoms with van der Waals surface area (Å²) in [6, 6.07) is 6.22. The van der Waals surface area contributed by atoms with Crippen molar-refractivity contribution in [3.63, 3.8) is 0 Å². The molecule has 1 saturated heterocycles. The Morgan fingerprint density at radius 1 is 1.28 bits per heavy atom. The van der Waals surface area contributed by atoms with E-state index in [1.165, 1.54) is 12.1 Å². The standard InChI is InChI=1S/C16H16F3N3O2S/c17-16(18,19)11-2-1-3-13(8-11)24-10-12-9-14(21-20-12)15(23)22-4-6-25-7-5-22/h1-3,8-9H,4-7,10H2,(H,20,21). The van der Waals surface area contributed by atoms with Gasteiger partial charge in [-0.25, -0.2) is 0 Å². The molecule has 0 unspecified atom stereocenters. The molecule has 25 heavy (non-hydrogen) atoms. The van der Waals surface area contributed by atoms with Gasteiger partial charge in [0.25, 0.3) is 5.91 Å². The molecule has 9 heteroatoms. The van der Waals surface area contributed by atoms with Crippen LogP contribution in [0.1, 0.15) is 21.7 Å². The molecule has 0 atom stereocenters. The summed E-state index contributed by atoms with van der Waals surface area (Å²) in [5.74, 6) is 1.76. The van der Waals surface area contributed by atoms with Crippen LogP contribution in [0.25, 0.3) is 0 Å². The second-order valence-electron chi connectivity index (χ2n) is 5.50. The van der Waals surface area contributed by atoms with Gasteiger partial charge in [-0.3, -0.25) is 9.89 Å². The number of halogens is 3. The number of nitrogens with one attached hydrogen (secondary N) is 1. The molecular formula is C16H16F3N3O2S. The van der Waals surface area contributed by atoms with Gasteiger partial charge in [0.1, 0.15) is 12.4 Å². The Balaban J connectivity index is 1.61. The number of ether oxygens (including phenoxy) is 1. The molecule has 134 valence electrons. The maximum Gasteiger partial charge on any atom is 0.416 e. The zero-order valence-electron chi connectivity index (χ0n) is 13.2. The lowest BCUT2D eigenvalue weighted by molar-refractivity contribution is -0.137. The first kappa shape index (κ1) is 17.7. The SMILES string of the molecule is O=C(c1cc(COc2cccc(C(F)(F)F)c2)[nH]n1)N1CCSCC1. The van der Waals surface area contributed by atoms with Crippen LogP contribution in [0.4, 0.5) is 13.2 Å². The minimum atomic E-state index is -4.42. The molecule has 2 heterocycles. The van der Waals surface area contributed by atoms with Crippen molar-refractivity contribution in [2.24, 2.45) is 0 Å². The molecule has 0 saturated carbocycles. The Morgan fingerprint density at radius 3 is 2.76 bits per heavy atom. The number of carbonyl (C=O) groups excluding carboxylic acids is 1.